The van der Waals surface area contributed by atoms with Crippen LogP contribution in [0.2, 0.25) is 0 Å². The van der Waals surface area contributed by atoms with E-state index in [0.717, 1.165) is 38.0 Å². The van der Waals surface area contributed by atoms with Crippen molar-refractivity contribution in [2.75, 3.05) is 32.8 Å². The van der Waals surface area contributed by atoms with Gasteiger partial charge in [0.15, 0.2) is 0 Å². The molecule has 0 saturated carbocycles. The van der Waals surface area contributed by atoms with Crippen LogP contribution in [-0.4, -0.2) is 66.0 Å². The molecule has 1 spiro atoms. The number of piperazine rings is 1. The first-order valence-corrected chi connectivity index (χ1v) is 14.1. The van der Waals surface area contributed by atoms with E-state index in [1.165, 1.54) is 31.2 Å². The SMILES string of the molecule is CCCN1C(=O)[C@H](COCc2ccccc2)NC(=O)C12CCN(CCCCCCc1ccccc1)CC2. The molecule has 2 saturated heterocycles. The summed E-state index contributed by atoms with van der Waals surface area (Å²) in [5, 5.41) is 3.02. The largest absolute Gasteiger partial charge is 0.374 e. The van der Waals surface area contributed by atoms with Crippen LogP contribution >= 0.6 is 0 Å². The summed E-state index contributed by atoms with van der Waals surface area (Å²) < 4.78 is 5.82. The minimum absolute atomic E-state index is 0.00128. The molecular formula is C31H43N3O3. The van der Waals surface area contributed by atoms with Gasteiger partial charge in [-0.3, -0.25) is 9.59 Å². The fraction of sp³-hybridized carbons (Fsp3) is 0.548. The molecular weight excluding hydrogens is 462 g/mol. The van der Waals surface area contributed by atoms with Crippen molar-refractivity contribution in [3.05, 3.63) is 71.8 Å². The topological polar surface area (TPSA) is 61.9 Å². The Balaban J connectivity index is 1.21. The summed E-state index contributed by atoms with van der Waals surface area (Å²) in [6, 6.07) is 20.0. The maximum Gasteiger partial charge on any atom is 0.248 e. The van der Waals surface area contributed by atoms with E-state index in [1.54, 1.807) is 0 Å². The van der Waals surface area contributed by atoms with Crippen LogP contribution < -0.4 is 5.32 Å². The highest BCUT2D eigenvalue weighted by atomic mass is 16.5. The molecule has 2 amide bonds. The lowest BCUT2D eigenvalue weighted by Gasteiger charge is -2.51. The van der Waals surface area contributed by atoms with Crippen molar-refractivity contribution < 1.29 is 14.3 Å². The predicted molar refractivity (Wildman–Crippen MR) is 147 cm³/mol. The smallest absolute Gasteiger partial charge is 0.248 e. The molecule has 0 aliphatic carbocycles. The Hall–Kier alpha value is -2.70. The van der Waals surface area contributed by atoms with Gasteiger partial charge in [0, 0.05) is 19.6 Å². The highest BCUT2D eigenvalue weighted by molar-refractivity contribution is 6.00. The molecule has 1 N–H and O–H groups in total. The second-order valence-corrected chi connectivity index (χ2v) is 10.5. The number of piperidine rings is 1. The molecule has 2 heterocycles. The van der Waals surface area contributed by atoms with Crippen molar-refractivity contribution in [1.82, 2.24) is 15.1 Å². The molecule has 37 heavy (non-hydrogen) atoms. The Morgan fingerprint density at radius 3 is 2.19 bits per heavy atom. The molecule has 0 unspecified atom stereocenters. The zero-order chi connectivity index (χ0) is 25.9. The first-order valence-electron chi connectivity index (χ1n) is 14.1. The minimum Gasteiger partial charge on any atom is -0.374 e. The van der Waals surface area contributed by atoms with E-state index in [1.807, 2.05) is 35.2 Å². The van der Waals surface area contributed by atoms with E-state index in [2.05, 4.69) is 47.5 Å². The molecule has 2 fully saturated rings. The lowest BCUT2D eigenvalue weighted by molar-refractivity contribution is -0.163. The van der Waals surface area contributed by atoms with Crippen LogP contribution in [0.1, 0.15) is 63.0 Å². The quantitative estimate of drug-likeness (QED) is 0.405. The van der Waals surface area contributed by atoms with Crippen LogP contribution in [0.4, 0.5) is 0 Å². The average Bonchev–Trinajstić information content (AvgIpc) is 2.93. The fourth-order valence-electron chi connectivity index (χ4n) is 5.71. The first-order chi connectivity index (χ1) is 18.1. The predicted octanol–water partition coefficient (Wildman–Crippen LogP) is 4.58. The molecule has 2 aliphatic heterocycles. The summed E-state index contributed by atoms with van der Waals surface area (Å²) in [6.07, 6.45) is 8.31. The number of nitrogens with one attached hydrogen (secondary N) is 1. The number of unbranched alkanes of at least 4 members (excludes halogenated alkanes) is 3. The Morgan fingerprint density at radius 2 is 1.51 bits per heavy atom. The number of benzene rings is 2. The monoisotopic (exact) mass is 505 g/mol. The summed E-state index contributed by atoms with van der Waals surface area (Å²) in [6.45, 7) is 6.11. The van der Waals surface area contributed by atoms with E-state index in [9.17, 15) is 9.59 Å². The van der Waals surface area contributed by atoms with Crippen LogP contribution in [0.3, 0.4) is 0 Å². The molecule has 2 aliphatic rings. The van der Waals surface area contributed by atoms with Gasteiger partial charge >= 0.3 is 0 Å². The maximum atomic E-state index is 13.5. The highest BCUT2D eigenvalue weighted by Crippen LogP contribution is 2.33. The van der Waals surface area contributed by atoms with Crippen LogP contribution in [-0.2, 0) is 27.4 Å². The Kier molecular flexibility index (Phi) is 10.1. The third-order valence-corrected chi connectivity index (χ3v) is 7.87. The number of aryl methyl sites for hydroxylation is 1. The van der Waals surface area contributed by atoms with E-state index in [-0.39, 0.29) is 18.4 Å². The standard InChI is InChI=1S/C31H43N3O3/c1-2-20-34-29(35)28(25-37-24-27-16-10-6-11-17-27)32-30(36)31(34)18-22-33(23-19-31)21-12-4-3-7-13-26-14-8-5-9-15-26/h5-6,8-11,14-17,28H,2-4,7,12-13,18-25H2,1H3,(H,32,36)/t28-/m0/s1. The van der Waals surface area contributed by atoms with Crippen LogP contribution in [0.15, 0.2) is 60.7 Å². The average molecular weight is 506 g/mol. The zero-order valence-electron chi connectivity index (χ0n) is 22.4. The molecule has 2 aromatic rings. The molecule has 6 nitrogen and oxygen atoms in total. The van der Waals surface area contributed by atoms with Gasteiger partial charge in [-0.1, -0.05) is 80.4 Å². The molecule has 0 radical (unpaired) electrons. The van der Waals surface area contributed by atoms with Crippen LogP contribution in [0, 0.1) is 0 Å². The van der Waals surface area contributed by atoms with Crippen molar-refractivity contribution in [3.8, 4) is 0 Å². The van der Waals surface area contributed by atoms with Gasteiger partial charge in [0.25, 0.3) is 0 Å². The molecule has 6 heteroatoms. The Labute approximate surface area is 222 Å². The normalized spacial score (nSPS) is 19.8. The number of amides is 2. The van der Waals surface area contributed by atoms with Gasteiger partial charge in [0.2, 0.25) is 11.8 Å². The number of nitrogens with zero attached hydrogens (tertiary/aromatic N) is 2. The summed E-state index contributed by atoms with van der Waals surface area (Å²) in [5.74, 6) is -0.00389. The van der Waals surface area contributed by atoms with Crippen molar-refractivity contribution in [2.24, 2.45) is 0 Å². The van der Waals surface area contributed by atoms with E-state index in [4.69, 9.17) is 4.74 Å². The van der Waals surface area contributed by atoms with Gasteiger partial charge in [-0.15, -0.1) is 0 Å². The van der Waals surface area contributed by atoms with Gasteiger partial charge in [-0.25, -0.2) is 0 Å². The van der Waals surface area contributed by atoms with Crippen molar-refractivity contribution >= 4 is 11.8 Å². The number of carbonyl (C=O) groups excluding carboxylic acids is 2. The number of hydrogen-bond acceptors (Lipinski definition) is 4. The summed E-state index contributed by atoms with van der Waals surface area (Å²) in [5.41, 5.74) is 1.77. The first kappa shape index (κ1) is 27.3. The summed E-state index contributed by atoms with van der Waals surface area (Å²) in [4.78, 5) is 31.2. The number of carbonyl (C=O) groups is 2. The number of rotatable bonds is 13. The van der Waals surface area contributed by atoms with Crippen LogP contribution in [0.5, 0.6) is 0 Å². The summed E-state index contributed by atoms with van der Waals surface area (Å²) >= 11 is 0. The molecule has 0 bridgehead atoms. The van der Waals surface area contributed by atoms with E-state index >= 15 is 0 Å². The molecule has 4 rings (SSSR count). The Morgan fingerprint density at radius 1 is 0.865 bits per heavy atom. The molecule has 2 aromatic carbocycles. The number of ether oxygens (including phenoxy) is 1. The fourth-order valence-corrected chi connectivity index (χ4v) is 5.71. The highest BCUT2D eigenvalue weighted by Gasteiger charge is 2.53. The van der Waals surface area contributed by atoms with Crippen molar-refractivity contribution in [1.29, 1.82) is 0 Å². The van der Waals surface area contributed by atoms with Gasteiger partial charge in [0.1, 0.15) is 11.6 Å². The maximum absolute atomic E-state index is 13.5. The lowest BCUT2D eigenvalue weighted by Crippen LogP contribution is -2.73. The molecule has 1 atom stereocenters. The summed E-state index contributed by atoms with van der Waals surface area (Å²) in [7, 11) is 0. The van der Waals surface area contributed by atoms with Crippen LogP contribution in [0.25, 0.3) is 0 Å². The number of likely N-dealkylation sites (tertiary alicyclic amines) is 1. The molecule has 0 aromatic heterocycles. The van der Waals surface area contributed by atoms with Crippen molar-refractivity contribution in [2.45, 2.75) is 76.5 Å². The third kappa shape index (κ3) is 7.20. The molecule has 200 valence electrons. The third-order valence-electron chi connectivity index (χ3n) is 7.87. The minimum atomic E-state index is -0.713. The second-order valence-electron chi connectivity index (χ2n) is 10.5. The Bertz CT molecular complexity index is 974. The van der Waals surface area contributed by atoms with Gasteiger partial charge < -0.3 is 19.9 Å². The van der Waals surface area contributed by atoms with Gasteiger partial charge in [0.05, 0.1) is 13.2 Å². The van der Waals surface area contributed by atoms with E-state index in [0.29, 0.717) is 26.0 Å². The second kappa shape index (κ2) is 13.7. The van der Waals surface area contributed by atoms with Gasteiger partial charge in [-0.2, -0.15) is 0 Å². The zero-order valence-corrected chi connectivity index (χ0v) is 22.4. The lowest BCUT2D eigenvalue weighted by atomic mass is 9.81. The van der Waals surface area contributed by atoms with Gasteiger partial charge in [-0.05, 0) is 56.2 Å². The van der Waals surface area contributed by atoms with Crippen molar-refractivity contribution in [3.63, 3.8) is 0 Å². The number of hydrogen-bond donors (Lipinski definition) is 1. The van der Waals surface area contributed by atoms with E-state index < -0.39 is 11.6 Å².